The Morgan fingerprint density at radius 3 is 2.72 bits per heavy atom. The molecule has 2 heterocycles. The molecule has 0 radical (unpaired) electrons. The third-order valence-corrected chi connectivity index (χ3v) is 4.67. The smallest absolute Gasteiger partial charge is 0.224 e. The number of piperidine rings is 1. The van der Waals surface area contributed by atoms with E-state index in [-0.39, 0.29) is 18.1 Å². The maximum absolute atomic E-state index is 13.6. The Balaban J connectivity index is 1.61. The molecule has 6 heteroatoms. The number of benzene rings is 1. The molecule has 132 valence electrons. The predicted octanol–water partition coefficient (Wildman–Crippen LogP) is 2.28. The van der Waals surface area contributed by atoms with Gasteiger partial charge in [-0.2, -0.15) is 0 Å². The van der Waals surface area contributed by atoms with E-state index in [4.69, 9.17) is 0 Å². The third kappa shape index (κ3) is 4.60. The van der Waals surface area contributed by atoms with E-state index in [1.165, 1.54) is 6.07 Å². The quantitative estimate of drug-likeness (QED) is 0.906. The van der Waals surface area contributed by atoms with Gasteiger partial charge in [0.15, 0.2) is 0 Å². The molecule has 2 aromatic rings. The SMILES string of the molecule is CN1CCC(c2nccnc2CNC(=O)Cc2ccccc2F)CC1. The largest absolute Gasteiger partial charge is 0.350 e. The Morgan fingerprint density at radius 1 is 1.24 bits per heavy atom. The van der Waals surface area contributed by atoms with Crippen molar-refractivity contribution in [2.75, 3.05) is 20.1 Å². The summed E-state index contributed by atoms with van der Waals surface area (Å²) in [6.07, 6.45) is 5.47. The van der Waals surface area contributed by atoms with Crippen LogP contribution < -0.4 is 5.32 Å². The fraction of sp³-hybridized carbons (Fsp3) is 0.421. The van der Waals surface area contributed by atoms with Crippen molar-refractivity contribution in [1.82, 2.24) is 20.2 Å². The van der Waals surface area contributed by atoms with Gasteiger partial charge in [0.25, 0.3) is 0 Å². The van der Waals surface area contributed by atoms with Gasteiger partial charge in [-0.15, -0.1) is 0 Å². The Morgan fingerprint density at radius 2 is 1.96 bits per heavy atom. The molecule has 0 atom stereocenters. The Labute approximate surface area is 147 Å². The molecular weight excluding hydrogens is 319 g/mol. The summed E-state index contributed by atoms with van der Waals surface area (Å²) in [7, 11) is 2.12. The number of hydrogen-bond donors (Lipinski definition) is 1. The molecule has 1 aromatic heterocycles. The van der Waals surface area contributed by atoms with Gasteiger partial charge in [0, 0.05) is 18.3 Å². The first-order valence-corrected chi connectivity index (χ1v) is 8.62. The van der Waals surface area contributed by atoms with Crippen molar-refractivity contribution >= 4 is 5.91 Å². The first-order chi connectivity index (χ1) is 12.1. The molecule has 1 aromatic carbocycles. The molecular formula is C19H23FN4O. The summed E-state index contributed by atoms with van der Waals surface area (Å²) in [5, 5.41) is 2.84. The van der Waals surface area contributed by atoms with Crippen LogP contribution in [0.3, 0.4) is 0 Å². The molecule has 0 bridgehead atoms. The van der Waals surface area contributed by atoms with Gasteiger partial charge in [-0.3, -0.25) is 14.8 Å². The van der Waals surface area contributed by atoms with Crippen LogP contribution in [0.2, 0.25) is 0 Å². The molecule has 5 nitrogen and oxygen atoms in total. The second kappa shape index (κ2) is 8.16. The van der Waals surface area contributed by atoms with Crippen molar-refractivity contribution in [2.24, 2.45) is 0 Å². The first-order valence-electron chi connectivity index (χ1n) is 8.62. The highest BCUT2D eigenvalue weighted by atomic mass is 19.1. The Kier molecular flexibility index (Phi) is 5.71. The monoisotopic (exact) mass is 342 g/mol. The number of amides is 1. The van der Waals surface area contributed by atoms with Crippen LogP contribution in [0, 0.1) is 5.82 Å². The van der Waals surface area contributed by atoms with E-state index in [9.17, 15) is 9.18 Å². The number of nitrogens with one attached hydrogen (secondary N) is 1. The highest BCUT2D eigenvalue weighted by Gasteiger charge is 2.22. The van der Waals surface area contributed by atoms with Crippen molar-refractivity contribution in [3.05, 3.63) is 59.4 Å². The lowest BCUT2D eigenvalue weighted by atomic mass is 9.92. The lowest BCUT2D eigenvalue weighted by molar-refractivity contribution is -0.120. The number of carbonyl (C=O) groups excluding carboxylic acids is 1. The van der Waals surface area contributed by atoms with Crippen LogP contribution in [0.5, 0.6) is 0 Å². The van der Waals surface area contributed by atoms with Gasteiger partial charge in [-0.05, 0) is 44.6 Å². The second-order valence-electron chi connectivity index (χ2n) is 6.51. The average molecular weight is 342 g/mol. The molecule has 1 amide bonds. The molecule has 0 spiro atoms. The number of likely N-dealkylation sites (tertiary alicyclic amines) is 1. The average Bonchev–Trinajstić information content (AvgIpc) is 2.63. The number of aromatic nitrogens is 2. The van der Waals surface area contributed by atoms with Crippen LogP contribution in [-0.4, -0.2) is 40.9 Å². The van der Waals surface area contributed by atoms with Gasteiger partial charge < -0.3 is 10.2 Å². The molecule has 1 aliphatic rings. The predicted molar refractivity (Wildman–Crippen MR) is 93.5 cm³/mol. The van der Waals surface area contributed by atoms with Gasteiger partial charge in [-0.1, -0.05) is 18.2 Å². The molecule has 1 N–H and O–H groups in total. The van der Waals surface area contributed by atoms with Crippen LogP contribution in [0.15, 0.2) is 36.7 Å². The molecule has 1 aliphatic heterocycles. The van der Waals surface area contributed by atoms with E-state index in [2.05, 4.69) is 27.2 Å². The van der Waals surface area contributed by atoms with Crippen LogP contribution in [0.4, 0.5) is 4.39 Å². The van der Waals surface area contributed by atoms with Crippen LogP contribution in [0.1, 0.15) is 35.7 Å². The molecule has 25 heavy (non-hydrogen) atoms. The van der Waals surface area contributed by atoms with Crippen LogP contribution in [-0.2, 0) is 17.8 Å². The van der Waals surface area contributed by atoms with E-state index in [0.29, 0.717) is 18.0 Å². The number of nitrogens with zero attached hydrogens (tertiary/aromatic N) is 3. The summed E-state index contributed by atoms with van der Waals surface area (Å²) in [6.45, 7) is 2.41. The minimum Gasteiger partial charge on any atom is -0.350 e. The van der Waals surface area contributed by atoms with Gasteiger partial charge in [0.05, 0.1) is 24.4 Å². The molecule has 1 saturated heterocycles. The molecule has 0 saturated carbocycles. The minimum absolute atomic E-state index is 0.0243. The highest BCUT2D eigenvalue weighted by Crippen LogP contribution is 2.27. The fourth-order valence-electron chi connectivity index (χ4n) is 3.20. The number of rotatable bonds is 5. The summed E-state index contributed by atoms with van der Waals surface area (Å²) in [4.78, 5) is 23.4. The first kappa shape index (κ1) is 17.5. The summed E-state index contributed by atoms with van der Waals surface area (Å²) < 4.78 is 13.6. The lowest BCUT2D eigenvalue weighted by Crippen LogP contribution is -2.31. The molecule has 0 aliphatic carbocycles. The van der Waals surface area contributed by atoms with E-state index in [0.717, 1.165) is 37.3 Å². The number of carbonyl (C=O) groups is 1. The van der Waals surface area contributed by atoms with Crippen molar-refractivity contribution < 1.29 is 9.18 Å². The van der Waals surface area contributed by atoms with Crippen molar-refractivity contribution in [1.29, 1.82) is 0 Å². The second-order valence-corrected chi connectivity index (χ2v) is 6.51. The van der Waals surface area contributed by atoms with E-state index in [1.54, 1.807) is 30.6 Å². The van der Waals surface area contributed by atoms with E-state index in [1.807, 2.05) is 0 Å². The summed E-state index contributed by atoms with van der Waals surface area (Å²) >= 11 is 0. The van der Waals surface area contributed by atoms with Gasteiger partial charge >= 0.3 is 0 Å². The fourth-order valence-corrected chi connectivity index (χ4v) is 3.20. The lowest BCUT2D eigenvalue weighted by Gasteiger charge is -2.29. The zero-order valence-electron chi connectivity index (χ0n) is 14.4. The maximum Gasteiger partial charge on any atom is 0.224 e. The zero-order valence-corrected chi connectivity index (χ0v) is 14.4. The molecule has 0 unspecified atom stereocenters. The van der Waals surface area contributed by atoms with Gasteiger partial charge in [0.2, 0.25) is 5.91 Å². The topological polar surface area (TPSA) is 58.1 Å². The molecule has 1 fully saturated rings. The van der Waals surface area contributed by atoms with Crippen molar-refractivity contribution in [3.63, 3.8) is 0 Å². The highest BCUT2D eigenvalue weighted by molar-refractivity contribution is 5.78. The van der Waals surface area contributed by atoms with Crippen LogP contribution in [0.25, 0.3) is 0 Å². The Bertz CT molecular complexity index is 729. The Hall–Kier alpha value is -2.34. The summed E-state index contributed by atoms with van der Waals surface area (Å²) in [6, 6.07) is 6.33. The number of halogens is 1. The summed E-state index contributed by atoms with van der Waals surface area (Å²) in [5.41, 5.74) is 2.18. The van der Waals surface area contributed by atoms with Crippen LogP contribution >= 0.6 is 0 Å². The van der Waals surface area contributed by atoms with Crippen molar-refractivity contribution in [3.8, 4) is 0 Å². The normalized spacial score (nSPS) is 15.9. The van der Waals surface area contributed by atoms with Gasteiger partial charge in [0.1, 0.15) is 5.82 Å². The third-order valence-electron chi connectivity index (χ3n) is 4.67. The van der Waals surface area contributed by atoms with E-state index >= 15 is 0 Å². The maximum atomic E-state index is 13.6. The van der Waals surface area contributed by atoms with E-state index < -0.39 is 0 Å². The minimum atomic E-state index is -0.357. The standard InChI is InChI=1S/C19H23FN4O/c1-24-10-6-14(7-11-24)19-17(21-8-9-22-19)13-23-18(25)12-15-4-2-3-5-16(15)20/h2-5,8-9,14H,6-7,10-13H2,1H3,(H,23,25). The van der Waals surface area contributed by atoms with Gasteiger partial charge in [-0.25, -0.2) is 4.39 Å². The summed E-state index contributed by atoms with van der Waals surface area (Å²) in [5.74, 6) is -0.197. The molecule has 3 rings (SSSR count). The van der Waals surface area contributed by atoms with Crippen molar-refractivity contribution in [2.45, 2.75) is 31.7 Å². The zero-order chi connectivity index (χ0) is 17.6. The number of hydrogen-bond acceptors (Lipinski definition) is 4.